The molecule has 1 saturated heterocycles. The van der Waals surface area contributed by atoms with Crippen LogP contribution in [0.4, 0.5) is 0 Å². The second-order valence-electron chi connectivity index (χ2n) is 5.68. The molecule has 2 heteroatoms. The number of fused-ring (bicyclic) bond motifs is 2. The molecule has 2 atom stereocenters. The highest BCUT2D eigenvalue weighted by Crippen LogP contribution is 2.70. The van der Waals surface area contributed by atoms with Gasteiger partial charge >= 0.3 is 0 Å². The maximum absolute atomic E-state index is 6.16. The van der Waals surface area contributed by atoms with Gasteiger partial charge in [-0.25, -0.2) is 0 Å². The second kappa shape index (κ2) is 2.98. The number of alkyl halides is 1. The molecule has 2 aliphatic carbocycles. The van der Waals surface area contributed by atoms with Crippen molar-refractivity contribution in [3.05, 3.63) is 0 Å². The van der Waals surface area contributed by atoms with Crippen molar-refractivity contribution < 1.29 is 4.74 Å². The molecule has 2 saturated carbocycles. The number of halogens is 1. The van der Waals surface area contributed by atoms with Gasteiger partial charge in [0.15, 0.2) is 0 Å². The molecule has 3 aliphatic rings. The predicted molar refractivity (Wildman–Crippen MR) is 60.6 cm³/mol. The van der Waals surface area contributed by atoms with Gasteiger partial charge in [-0.1, -0.05) is 22.9 Å². The molecule has 3 rings (SSSR count). The van der Waals surface area contributed by atoms with Gasteiger partial charge in [-0.15, -0.1) is 0 Å². The molecule has 0 amide bonds. The molecule has 2 unspecified atom stereocenters. The van der Waals surface area contributed by atoms with Crippen molar-refractivity contribution in [2.24, 2.45) is 17.3 Å². The summed E-state index contributed by atoms with van der Waals surface area (Å²) in [6.07, 6.45) is 6.81. The zero-order valence-electron chi connectivity index (χ0n) is 8.89. The molecule has 1 nitrogen and oxygen atoms in total. The van der Waals surface area contributed by atoms with E-state index in [9.17, 15) is 0 Å². The van der Waals surface area contributed by atoms with E-state index in [-0.39, 0.29) is 5.60 Å². The van der Waals surface area contributed by atoms with E-state index in [1.54, 1.807) is 0 Å². The lowest BCUT2D eigenvalue weighted by atomic mass is 9.71. The lowest BCUT2D eigenvalue weighted by Crippen LogP contribution is -2.43. The first kappa shape index (κ1) is 9.65. The molecular weight excluding hydrogens is 240 g/mol. The third-order valence-electron chi connectivity index (χ3n) is 5.02. The first-order chi connectivity index (χ1) is 6.72. The van der Waals surface area contributed by atoms with E-state index in [1.807, 2.05) is 0 Å². The first-order valence-electron chi connectivity index (χ1n) is 5.92. The molecular formula is C12H19BrO. The van der Waals surface area contributed by atoms with Crippen molar-refractivity contribution in [2.45, 2.75) is 44.6 Å². The Labute approximate surface area is 94.7 Å². The highest BCUT2D eigenvalue weighted by atomic mass is 79.9. The average Bonchev–Trinajstić information content (AvgIpc) is 2.87. The second-order valence-corrected chi connectivity index (χ2v) is 6.24. The minimum absolute atomic E-state index is 0.285. The summed E-state index contributed by atoms with van der Waals surface area (Å²) in [5, 5.41) is 1.17. The lowest BCUT2D eigenvalue weighted by Gasteiger charge is -2.42. The van der Waals surface area contributed by atoms with Gasteiger partial charge in [0.1, 0.15) is 0 Å². The Morgan fingerprint density at radius 1 is 1.36 bits per heavy atom. The van der Waals surface area contributed by atoms with E-state index in [0.717, 1.165) is 18.4 Å². The predicted octanol–water partition coefficient (Wildman–Crippen LogP) is 3.37. The summed E-state index contributed by atoms with van der Waals surface area (Å²) in [6, 6.07) is 0. The van der Waals surface area contributed by atoms with Gasteiger partial charge in [0.2, 0.25) is 0 Å². The fraction of sp³-hybridized carbons (Fsp3) is 1.00. The summed E-state index contributed by atoms with van der Waals surface area (Å²) in [6.45, 7) is 3.42. The maximum Gasteiger partial charge on any atom is 0.0750 e. The molecule has 3 fully saturated rings. The summed E-state index contributed by atoms with van der Waals surface area (Å²) in [7, 11) is 0. The Hall–Kier alpha value is 0.440. The highest BCUT2D eigenvalue weighted by Gasteiger charge is 2.70. The molecule has 0 radical (unpaired) electrons. The summed E-state index contributed by atoms with van der Waals surface area (Å²) in [4.78, 5) is 0. The molecule has 1 heterocycles. The zero-order valence-corrected chi connectivity index (χ0v) is 10.5. The number of ether oxygens (including phenoxy) is 1. The van der Waals surface area contributed by atoms with E-state index < -0.39 is 0 Å². The summed E-state index contributed by atoms with van der Waals surface area (Å²) < 4.78 is 6.16. The summed E-state index contributed by atoms with van der Waals surface area (Å²) in [5.74, 6) is 1.81. The van der Waals surface area contributed by atoms with Gasteiger partial charge in [-0.05, 0) is 43.9 Å². The Morgan fingerprint density at radius 3 is 2.64 bits per heavy atom. The van der Waals surface area contributed by atoms with Gasteiger partial charge in [-0.3, -0.25) is 0 Å². The van der Waals surface area contributed by atoms with Crippen molar-refractivity contribution in [2.75, 3.05) is 11.9 Å². The number of hydrogen-bond donors (Lipinski definition) is 0. The topological polar surface area (TPSA) is 9.23 Å². The van der Waals surface area contributed by atoms with Gasteiger partial charge in [-0.2, -0.15) is 0 Å². The Kier molecular flexibility index (Phi) is 2.05. The van der Waals surface area contributed by atoms with E-state index in [4.69, 9.17) is 4.74 Å². The van der Waals surface area contributed by atoms with Crippen molar-refractivity contribution in [1.82, 2.24) is 0 Å². The quantitative estimate of drug-likeness (QED) is 0.656. The fourth-order valence-electron chi connectivity index (χ4n) is 3.72. The zero-order chi connectivity index (χ0) is 9.81. The van der Waals surface area contributed by atoms with E-state index in [1.165, 1.54) is 37.4 Å². The standard InChI is InChI=1S/C12H19BrO/c1-9-2-4-12(5-3-9)11(8-13)6-10(11)7-14-12/h9-10H,2-8H2,1H3. The van der Waals surface area contributed by atoms with Crippen LogP contribution >= 0.6 is 15.9 Å². The van der Waals surface area contributed by atoms with Crippen LogP contribution in [0.25, 0.3) is 0 Å². The normalized spacial score (nSPS) is 56.1. The van der Waals surface area contributed by atoms with Crippen LogP contribution in [-0.2, 0) is 4.74 Å². The van der Waals surface area contributed by atoms with Crippen LogP contribution in [-0.4, -0.2) is 17.5 Å². The van der Waals surface area contributed by atoms with Crippen LogP contribution in [0.15, 0.2) is 0 Å². The van der Waals surface area contributed by atoms with Crippen molar-refractivity contribution in [1.29, 1.82) is 0 Å². The smallest absolute Gasteiger partial charge is 0.0750 e. The van der Waals surface area contributed by atoms with Crippen LogP contribution in [0.2, 0.25) is 0 Å². The number of hydrogen-bond acceptors (Lipinski definition) is 1. The van der Waals surface area contributed by atoms with Crippen LogP contribution in [0.5, 0.6) is 0 Å². The summed E-state index contributed by atoms with van der Waals surface area (Å²) in [5.41, 5.74) is 0.834. The lowest BCUT2D eigenvalue weighted by molar-refractivity contribution is -0.0807. The Bertz CT molecular complexity index is 241. The SMILES string of the molecule is CC1CCC2(CC1)OCC1CC12CBr. The largest absolute Gasteiger partial charge is 0.374 e. The van der Waals surface area contributed by atoms with Crippen LogP contribution < -0.4 is 0 Å². The molecule has 1 spiro atoms. The molecule has 1 aliphatic heterocycles. The van der Waals surface area contributed by atoms with Crippen LogP contribution in [0.3, 0.4) is 0 Å². The van der Waals surface area contributed by atoms with Crippen molar-refractivity contribution in [3.8, 4) is 0 Å². The molecule has 0 aromatic carbocycles. The van der Waals surface area contributed by atoms with Crippen molar-refractivity contribution >= 4 is 15.9 Å². The van der Waals surface area contributed by atoms with Gasteiger partial charge in [0.25, 0.3) is 0 Å². The maximum atomic E-state index is 6.16. The monoisotopic (exact) mass is 258 g/mol. The van der Waals surface area contributed by atoms with Crippen molar-refractivity contribution in [3.63, 3.8) is 0 Å². The highest BCUT2D eigenvalue weighted by molar-refractivity contribution is 9.09. The third kappa shape index (κ3) is 1.05. The molecule has 80 valence electrons. The Balaban J connectivity index is 1.83. The fourth-order valence-corrected chi connectivity index (χ4v) is 4.91. The molecule has 0 N–H and O–H groups in total. The minimum Gasteiger partial charge on any atom is -0.374 e. The van der Waals surface area contributed by atoms with E-state index in [2.05, 4.69) is 22.9 Å². The van der Waals surface area contributed by atoms with Gasteiger partial charge < -0.3 is 4.74 Å². The summed E-state index contributed by atoms with van der Waals surface area (Å²) >= 11 is 3.72. The van der Waals surface area contributed by atoms with Gasteiger partial charge in [0.05, 0.1) is 12.2 Å². The average molecular weight is 259 g/mol. The van der Waals surface area contributed by atoms with Crippen LogP contribution in [0.1, 0.15) is 39.0 Å². The van der Waals surface area contributed by atoms with Crippen LogP contribution in [0, 0.1) is 17.3 Å². The first-order valence-corrected chi connectivity index (χ1v) is 7.04. The van der Waals surface area contributed by atoms with E-state index >= 15 is 0 Å². The molecule has 0 aromatic rings. The molecule has 14 heavy (non-hydrogen) atoms. The van der Waals surface area contributed by atoms with Gasteiger partial charge in [0, 0.05) is 10.7 Å². The number of rotatable bonds is 1. The molecule has 0 aromatic heterocycles. The Morgan fingerprint density at radius 2 is 2.07 bits per heavy atom. The van der Waals surface area contributed by atoms with E-state index in [0.29, 0.717) is 5.41 Å². The minimum atomic E-state index is 0.285. The molecule has 0 bridgehead atoms. The third-order valence-corrected chi connectivity index (χ3v) is 6.02.